The minimum Gasteiger partial charge on any atom is -0.335 e. The van der Waals surface area contributed by atoms with Crippen molar-refractivity contribution in [2.45, 2.75) is 25.7 Å². The maximum absolute atomic E-state index is 12.0. The molecule has 0 unspecified atom stereocenters. The number of H-pyrrole nitrogens is 2. The van der Waals surface area contributed by atoms with Gasteiger partial charge in [0.05, 0.1) is 12.1 Å². The van der Waals surface area contributed by atoms with Crippen LogP contribution in [0.25, 0.3) is 0 Å². The number of rotatable bonds is 3. The number of fused-ring (bicyclic) bond motifs is 1. The van der Waals surface area contributed by atoms with E-state index in [4.69, 9.17) is 12.2 Å². The topological polar surface area (TPSA) is 90.1 Å². The smallest absolute Gasteiger partial charge is 0.251 e. The molecule has 0 aliphatic heterocycles. The van der Waals surface area contributed by atoms with Gasteiger partial charge in [0, 0.05) is 17.3 Å². The summed E-state index contributed by atoms with van der Waals surface area (Å²) in [5.74, 6) is -0.295. The first-order valence-corrected chi connectivity index (χ1v) is 7.79. The van der Waals surface area contributed by atoms with Gasteiger partial charge in [-0.05, 0) is 37.0 Å². The molecule has 0 atom stereocenters. The van der Waals surface area contributed by atoms with Crippen LogP contribution in [-0.4, -0.2) is 21.6 Å². The summed E-state index contributed by atoms with van der Waals surface area (Å²) in [6.45, 7) is 0. The van der Waals surface area contributed by atoms with Crippen molar-refractivity contribution in [2.75, 3.05) is 0 Å². The molecule has 3 rings (SSSR count). The maximum Gasteiger partial charge on any atom is 0.251 e. The Hall–Kier alpha value is -2.54. The van der Waals surface area contributed by atoms with Crippen molar-refractivity contribution in [3.63, 3.8) is 0 Å². The zero-order chi connectivity index (χ0) is 16.2. The predicted molar refractivity (Wildman–Crippen MR) is 90.0 cm³/mol. The first-order chi connectivity index (χ1) is 11.1. The Bertz CT molecular complexity index is 854. The van der Waals surface area contributed by atoms with Gasteiger partial charge < -0.3 is 4.98 Å². The molecular formula is C16H16N4O2S. The standard InChI is InChI=1S/C16H16N4O2S/c21-14-8-11(17-16(23)18-14)9-15(22)20-19-13-7-3-5-10-4-1-2-6-12(10)13/h1-2,4,6,8H,3,5,7,9H2,(H,20,22)(H2,17,18,21,23)/b19-13-. The fourth-order valence-electron chi connectivity index (χ4n) is 2.67. The van der Waals surface area contributed by atoms with E-state index in [1.54, 1.807) is 0 Å². The molecular weight excluding hydrogens is 312 g/mol. The molecule has 2 aromatic rings. The molecule has 23 heavy (non-hydrogen) atoms. The molecule has 0 bridgehead atoms. The lowest BCUT2D eigenvalue weighted by Crippen LogP contribution is -2.24. The fraction of sp³-hybridized carbons (Fsp3) is 0.250. The molecule has 3 N–H and O–H groups in total. The second-order valence-electron chi connectivity index (χ2n) is 5.39. The summed E-state index contributed by atoms with van der Waals surface area (Å²) >= 11 is 4.88. The number of hydrogen-bond acceptors (Lipinski definition) is 4. The van der Waals surface area contributed by atoms with E-state index in [0.717, 1.165) is 30.5 Å². The number of aromatic amines is 2. The first kappa shape index (κ1) is 15.4. The highest BCUT2D eigenvalue weighted by molar-refractivity contribution is 7.71. The first-order valence-electron chi connectivity index (χ1n) is 7.38. The van der Waals surface area contributed by atoms with E-state index in [9.17, 15) is 9.59 Å². The summed E-state index contributed by atoms with van der Waals surface area (Å²) in [7, 11) is 0. The van der Waals surface area contributed by atoms with Crippen LogP contribution in [0.4, 0.5) is 0 Å². The number of aryl methyl sites for hydroxylation is 1. The van der Waals surface area contributed by atoms with E-state index in [1.807, 2.05) is 18.2 Å². The highest BCUT2D eigenvalue weighted by Crippen LogP contribution is 2.21. The Kier molecular flexibility index (Phi) is 4.47. The normalized spacial score (nSPS) is 15.2. The number of carbonyl (C=O) groups excluding carboxylic acids is 1. The Morgan fingerprint density at radius 2 is 2.09 bits per heavy atom. The van der Waals surface area contributed by atoms with Crippen molar-refractivity contribution in [1.82, 2.24) is 15.4 Å². The molecule has 0 radical (unpaired) electrons. The van der Waals surface area contributed by atoms with Crippen molar-refractivity contribution in [1.29, 1.82) is 0 Å². The third kappa shape index (κ3) is 3.81. The molecule has 1 heterocycles. The summed E-state index contributed by atoms with van der Waals surface area (Å²) < 4.78 is 0.202. The summed E-state index contributed by atoms with van der Waals surface area (Å²) in [5.41, 5.74) is 5.93. The van der Waals surface area contributed by atoms with Crippen LogP contribution in [0.2, 0.25) is 0 Å². The number of amides is 1. The maximum atomic E-state index is 12.0. The van der Waals surface area contributed by atoms with Crippen LogP contribution in [0, 0.1) is 4.77 Å². The van der Waals surface area contributed by atoms with Gasteiger partial charge in [-0.25, -0.2) is 5.43 Å². The van der Waals surface area contributed by atoms with Gasteiger partial charge in [0.25, 0.3) is 5.56 Å². The van der Waals surface area contributed by atoms with E-state index in [1.165, 1.54) is 11.6 Å². The monoisotopic (exact) mass is 328 g/mol. The van der Waals surface area contributed by atoms with Crippen LogP contribution in [-0.2, 0) is 17.6 Å². The highest BCUT2D eigenvalue weighted by atomic mass is 32.1. The number of hydrogen-bond donors (Lipinski definition) is 3. The Labute approximate surface area is 137 Å². The lowest BCUT2D eigenvalue weighted by molar-refractivity contribution is -0.120. The van der Waals surface area contributed by atoms with Crippen LogP contribution in [0.1, 0.15) is 29.7 Å². The molecule has 0 spiro atoms. The number of aromatic nitrogens is 2. The van der Waals surface area contributed by atoms with E-state index in [2.05, 4.69) is 26.6 Å². The average molecular weight is 328 g/mol. The third-order valence-electron chi connectivity index (χ3n) is 3.67. The summed E-state index contributed by atoms with van der Waals surface area (Å²) in [5, 5.41) is 4.26. The minimum absolute atomic E-state index is 0.0198. The van der Waals surface area contributed by atoms with Gasteiger partial charge in [0.1, 0.15) is 0 Å². The molecule has 118 valence electrons. The molecule has 1 aromatic heterocycles. The lowest BCUT2D eigenvalue weighted by Gasteiger charge is -2.17. The zero-order valence-corrected chi connectivity index (χ0v) is 13.2. The molecule has 0 saturated heterocycles. The number of benzene rings is 1. The second kappa shape index (κ2) is 6.70. The average Bonchev–Trinajstić information content (AvgIpc) is 2.52. The Morgan fingerprint density at radius 1 is 1.26 bits per heavy atom. The summed E-state index contributed by atoms with van der Waals surface area (Å²) in [6, 6.07) is 9.40. The second-order valence-corrected chi connectivity index (χ2v) is 5.80. The lowest BCUT2D eigenvalue weighted by atomic mass is 9.90. The molecule has 0 fully saturated rings. The van der Waals surface area contributed by atoms with Crippen molar-refractivity contribution >= 4 is 23.8 Å². The number of carbonyl (C=O) groups is 1. The zero-order valence-electron chi connectivity index (χ0n) is 12.4. The summed E-state index contributed by atoms with van der Waals surface area (Å²) in [6.07, 6.45) is 2.91. The van der Waals surface area contributed by atoms with Gasteiger partial charge in [-0.1, -0.05) is 24.3 Å². The molecule has 1 aliphatic rings. The van der Waals surface area contributed by atoms with Crippen LogP contribution in [0.15, 0.2) is 40.2 Å². The summed E-state index contributed by atoms with van der Waals surface area (Å²) in [4.78, 5) is 28.5. The Morgan fingerprint density at radius 3 is 2.91 bits per heavy atom. The van der Waals surface area contributed by atoms with E-state index < -0.39 is 0 Å². The van der Waals surface area contributed by atoms with Gasteiger partial charge in [0.2, 0.25) is 5.91 Å². The van der Waals surface area contributed by atoms with E-state index >= 15 is 0 Å². The number of nitrogens with one attached hydrogen (secondary N) is 3. The SMILES string of the molecule is O=C(Cc1cc(=O)[nH]c(=S)[nH]1)N/N=C1/CCCc2ccccc21. The fourth-order valence-corrected chi connectivity index (χ4v) is 2.91. The van der Waals surface area contributed by atoms with Crippen LogP contribution in [0.5, 0.6) is 0 Å². The van der Waals surface area contributed by atoms with Gasteiger partial charge in [-0.2, -0.15) is 5.10 Å². The van der Waals surface area contributed by atoms with Crippen LogP contribution in [0.3, 0.4) is 0 Å². The predicted octanol–water partition coefficient (Wildman–Crippen LogP) is 1.83. The number of nitrogens with zero attached hydrogens (tertiary/aromatic N) is 1. The molecule has 7 heteroatoms. The van der Waals surface area contributed by atoms with Crippen molar-refractivity contribution in [2.24, 2.45) is 5.10 Å². The van der Waals surface area contributed by atoms with Gasteiger partial charge in [-0.3, -0.25) is 14.6 Å². The van der Waals surface area contributed by atoms with Gasteiger partial charge in [-0.15, -0.1) is 0 Å². The highest BCUT2D eigenvalue weighted by Gasteiger charge is 2.15. The molecule has 0 saturated carbocycles. The van der Waals surface area contributed by atoms with Crippen LogP contribution < -0.4 is 11.0 Å². The van der Waals surface area contributed by atoms with E-state index in [0.29, 0.717) is 5.69 Å². The quantitative estimate of drug-likeness (QED) is 0.593. The molecule has 1 aromatic carbocycles. The van der Waals surface area contributed by atoms with Gasteiger partial charge in [0.15, 0.2) is 4.77 Å². The van der Waals surface area contributed by atoms with Crippen LogP contribution >= 0.6 is 12.2 Å². The minimum atomic E-state index is -0.330. The van der Waals surface area contributed by atoms with Gasteiger partial charge >= 0.3 is 0 Å². The molecule has 1 amide bonds. The largest absolute Gasteiger partial charge is 0.335 e. The Balaban J connectivity index is 1.72. The molecule has 1 aliphatic carbocycles. The van der Waals surface area contributed by atoms with Crippen molar-refractivity contribution in [3.05, 3.63) is 62.3 Å². The van der Waals surface area contributed by atoms with Crippen molar-refractivity contribution < 1.29 is 4.79 Å². The van der Waals surface area contributed by atoms with E-state index in [-0.39, 0.29) is 22.7 Å². The third-order valence-corrected chi connectivity index (χ3v) is 3.87. The molecule has 6 nitrogen and oxygen atoms in total. The number of hydrazone groups is 1. The van der Waals surface area contributed by atoms with Crippen molar-refractivity contribution in [3.8, 4) is 0 Å².